The lowest BCUT2D eigenvalue weighted by atomic mass is 10.1. The molecule has 0 saturated carbocycles. The Kier molecular flexibility index (Phi) is 5.79. The SMILES string of the molecule is Cc1ccc(OCCOc2ccc(Cl)cc2C=c2sc3nc4ccccc4n3c2=O)cc1C. The van der Waals surface area contributed by atoms with Crippen molar-refractivity contribution in [1.29, 1.82) is 0 Å². The minimum Gasteiger partial charge on any atom is -0.490 e. The number of halogens is 1. The molecule has 2 heterocycles. The zero-order chi connectivity index (χ0) is 22.9. The Labute approximate surface area is 199 Å². The van der Waals surface area contributed by atoms with Gasteiger partial charge in [-0.2, -0.15) is 0 Å². The van der Waals surface area contributed by atoms with Gasteiger partial charge in [0.2, 0.25) is 0 Å². The van der Waals surface area contributed by atoms with Gasteiger partial charge in [0.15, 0.2) is 4.96 Å². The van der Waals surface area contributed by atoms with E-state index in [-0.39, 0.29) is 5.56 Å². The molecule has 2 aromatic heterocycles. The van der Waals surface area contributed by atoms with Crippen molar-refractivity contribution in [3.63, 3.8) is 0 Å². The number of aromatic nitrogens is 2. The zero-order valence-electron chi connectivity index (χ0n) is 18.2. The fourth-order valence-corrected chi connectivity index (χ4v) is 4.79. The number of hydrogen-bond donors (Lipinski definition) is 0. The summed E-state index contributed by atoms with van der Waals surface area (Å²) >= 11 is 7.58. The molecule has 0 radical (unpaired) electrons. The lowest BCUT2D eigenvalue weighted by Crippen LogP contribution is -2.22. The number of thiazole rings is 1. The van der Waals surface area contributed by atoms with Crippen LogP contribution in [0.1, 0.15) is 16.7 Å². The van der Waals surface area contributed by atoms with E-state index in [1.807, 2.05) is 54.6 Å². The summed E-state index contributed by atoms with van der Waals surface area (Å²) in [4.78, 5) is 18.3. The fourth-order valence-electron chi connectivity index (χ4n) is 3.63. The van der Waals surface area contributed by atoms with Crippen molar-refractivity contribution >= 4 is 45.0 Å². The highest BCUT2D eigenvalue weighted by atomic mass is 35.5. The molecular formula is C26H21ClN2O3S. The highest BCUT2D eigenvalue weighted by Crippen LogP contribution is 2.24. The van der Waals surface area contributed by atoms with Gasteiger partial charge in [-0.05, 0) is 73.5 Å². The third-order valence-electron chi connectivity index (χ3n) is 5.49. The summed E-state index contributed by atoms with van der Waals surface area (Å²) in [6.07, 6.45) is 1.81. The van der Waals surface area contributed by atoms with E-state index in [1.165, 1.54) is 22.5 Å². The van der Waals surface area contributed by atoms with Crippen LogP contribution in [0.4, 0.5) is 0 Å². The van der Waals surface area contributed by atoms with E-state index in [4.69, 9.17) is 21.1 Å². The normalized spacial score (nSPS) is 12.0. The van der Waals surface area contributed by atoms with E-state index in [1.54, 1.807) is 16.5 Å². The van der Waals surface area contributed by atoms with Crippen LogP contribution in [0.3, 0.4) is 0 Å². The Bertz CT molecular complexity index is 1590. The number of rotatable bonds is 6. The Balaban J connectivity index is 1.39. The second-order valence-electron chi connectivity index (χ2n) is 7.76. The van der Waals surface area contributed by atoms with E-state index in [9.17, 15) is 4.79 Å². The largest absolute Gasteiger partial charge is 0.490 e. The summed E-state index contributed by atoms with van der Waals surface area (Å²) in [6.45, 7) is 4.89. The lowest BCUT2D eigenvalue weighted by Gasteiger charge is -2.11. The van der Waals surface area contributed by atoms with Gasteiger partial charge in [0.25, 0.3) is 5.56 Å². The fraction of sp³-hybridized carbons (Fsp3) is 0.154. The second-order valence-corrected chi connectivity index (χ2v) is 9.20. The van der Waals surface area contributed by atoms with Gasteiger partial charge in [-0.3, -0.25) is 4.79 Å². The van der Waals surface area contributed by atoms with Crippen LogP contribution in [-0.2, 0) is 0 Å². The van der Waals surface area contributed by atoms with Crippen molar-refractivity contribution in [3.8, 4) is 11.5 Å². The maximum Gasteiger partial charge on any atom is 0.274 e. The molecule has 33 heavy (non-hydrogen) atoms. The van der Waals surface area contributed by atoms with Gasteiger partial charge in [0.05, 0.1) is 15.6 Å². The maximum atomic E-state index is 13.1. The van der Waals surface area contributed by atoms with Gasteiger partial charge in [0.1, 0.15) is 24.7 Å². The van der Waals surface area contributed by atoms with E-state index >= 15 is 0 Å². The van der Waals surface area contributed by atoms with Crippen LogP contribution in [-0.4, -0.2) is 22.6 Å². The summed E-state index contributed by atoms with van der Waals surface area (Å²) < 4.78 is 14.0. The zero-order valence-corrected chi connectivity index (χ0v) is 19.7. The molecule has 0 aliphatic heterocycles. The number of fused-ring (bicyclic) bond motifs is 3. The van der Waals surface area contributed by atoms with Crippen molar-refractivity contribution < 1.29 is 9.47 Å². The molecule has 0 amide bonds. The molecular weight excluding hydrogens is 456 g/mol. The highest BCUT2D eigenvalue weighted by molar-refractivity contribution is 7.15. The summed E-state index contributed by atoms with van der Waals surface area (Å²) in [6, 6.07) is 19.0. The molecule has 5 nitrogen and oxygen atoms in total. The summed E-state index contributed by atoms with van der Waals surface area (Å²) in [5.74, 6) is 1.45. The minimum atomic E-state index is -0.104. The molecule has 5 aromatic rings. The first kappa shape index (κ1) is 21.5. The maximum absolute atomic E-state index is 13.1. The third-order valence-corrected chi connectivity index (χ3v) is 6.70. The molecule has 0 unspecified atom stereocenters. The number of ether oxygens (including phenoxy) is 2. The highest BCUT2D eigenvalue weighted by Gasteiger charge is 2.11. The second kappa shape index (κ2) is 8.89. The predicted octanol–water partition coefficient (Wildman–Crippen LogP) is 5.18. The van der Waals surface area contributed by atoms with Gasteiger partial charge < -0.3 is 9.47 Å². The quantitative estimate of drug-likeness (QED) is 0.317. The monoisotopic (exact) mass is 476 g/mol. The molecule has 3 aromatic carbocycles. The van der Waals surface area contributed by atoms with Crippen molar-refractivity contribution in [3.05, 3.63) is 97.3 Å². The van der Waals surface area contributed by atoms with Crippen LogP contribution in [0.2, 0.25) is 5.02 Å². The summed E-state index contributed by atoms with van der Waals surface area (Å²) in [5, 5.41) is 0.569. The van der Waals surface area contributed by atoms with Crippen LogP contribution in [0.25, 0.3) is 22.1 Å². The van der Waals surface area contributed by atoms with Crippen molar-refractivity contribution in [2.45, 2.75) is 13.8 Å². The van der Waals surface area contributed by atoms with Crippen molar-refractivity contribution in [2.75, 3.05) is 13.2 Å². The third kappa shape index (κ3) is 4.32. The van der Waals surface area contributed by atoms with E-state index in [0.29, 0.717) is 33.5 Å². The first-order chi connectivity index (χ1) is 16.0. The van der Waals surface area contributed by atoms with Crippen LogP contribution >= 0.6 is 22.9 Å². The van der Waals surface area contributed by atoms with E-state index in [0.717, 1.165) is 22.3 Å². The number of aryl methyl sites for hydroxylation is 2. The molecule has 0 aliphatic rings. The smallest absolute Gasteiger partial charge is 0.274 e. The molecule has 0 spiro atoms. The van der Waals surface area contributed by atoms with Crippen LogP contribution in [0.15, 0.2) is 65.5 Å². The lowest BCUT2D eigenvalue weighted by molar-refractivity contribution is 0.217. The number of imidazole rings is 1. The molecule has 5 rings (SSSR count). The molecule has 0 atom stereocenters. The molecule has 0 saturated heterocycles. The number of benzene rings is 3. The van der Waals surface area contributed by atoms with Crippen molar-refractivity contribution in [2.24, 2.45) is 0 Å². The van der Waals surface area contributed by atoms with Gasteiger partial charge in [-0.1, -0.05) is 41.1 Å². The Hall–Kier alpha value is -3.35. The average molecular weight is 477 g/mol. The summed E-state index contributed by atoms with van der Waals surface area (Å²) in [7, 11) is 0. The molecule has 0 fully saturated rings. The van der Waals surface area contributed by atoms with E-state index < -0.39 is 0 Å². The number of hydrogen-bond acceptors (Lipinski definition) is 5. The Morgan fingerprint density at radius 1 is 1.00 bits per heavy atom. The molecule has 0 N–H and O–H groups in total. The van der Waals surface area contributed by atoms with Crippen LogP contribution < -0.4 is 19.6 Å². The predicted molar refractivity (Wildman–Crippen MR) is 134 cm³/mol. The van der Waals surface area contributed by atoms with Gasteiger partial charge in [-0.25, -0.2) is 9.38 Å². The molecule has 0 aliphatic carbocycles. The van der Waals surface area contributed by atoms with E-state index in [2.05, 4.69) is 18.8 Å². The summed E-state index contributed by atoms with van der Waals surface area (Å²) in [5.41, 5.74) is 4.66. The van der Waals surface area contributed by atoms with Crippen molar-refractivity contribution in [1.82, 2.24) is 9.38 Å². The number of para-hydroxylation sites is 2. The van der Waals surface area contributed by atoms with Gasteiger partial charge in [0, 0.05) is 10.6 Å². The minimum absolute atomic E-state index is 0.104. The first-order valence-electron chi connectivity index (χ1n) is 10.5. The van der Waals surface area contributed by atoms with Crippen LogP contribution in [0.5, 0.6) is 11.5 Å². The molecule has 7 heteroatoms. The Morgan fingerprint density at radius 3 is 2.67 bits per heavy atom. The molecule has 166 valence electrons. The Morgan fingerprint density at radius 2 is 1.82 bits per heavy atom. The average Bonchev–Trinajstić information content (AvgIpc) is 3.31. The van der Waals surface area contributed by atoms with Gasteiger partial charge in [-0.15, -0.1) is 0 Å². The molecule has 0 bridgehead atoms. The standard InChI is InChI=1S/C26H21ClN2O3S/c1-16-7-9-20(13-17(16)2)31-11-12-32-23-10-8-19(27)14-18(23)15-24-25(30)29-22-6-4-3-5-21(22)28-26(29)33-24/h3-10,13-15H,11-12H2,1-2H3. The van der Waals surface area contributed by atoms with Gasteiger partial charge >= 0.3 is 0 Å². The topological polar surface area (TPSA) is 52.8 Å². The number of nitrogens with zero attached hydrogens (tertiary/aromatic N) is 2. The first-order valence-corrected chi connectivity index (χ1v) is 11.7. The van der Waals surface area contributed by atoms with Crippen LogP contribution in [0, 0.1) is 13.8 Å².